The van der Waals surface area contributed by atoms with E-state index in [2.05, 4.69) is 30.6 Å². The van der Waals surface area contributed by atoms with Crippen LogP contribution in [0.15, 0.2) is 35.7 Å². The van der Waals surface area contributed by atoms with Crippen LogP contribution in [0, 0.1) is 13.8 Å². The highest BCUT2D eigenvalue weighted by atomic mass is 32.2. The Hall–Kier alpha value is -1.46. The number of rotatable bonds is 2. The SMILES string of the molecule is Cc1ccc(NC(=O)N2CCS[C@@H]2c2cccs2)cc1C. The molecule has 0 radical (unpaired) electrons. The molecule has 0 aliphatic carbocycles. The fourth-order valence-electron chi connectivity index (χ4n) is 2.36. The topological polar surface area (TPSA) is 32.3 Å². The average molecular weight is 318 g/mol. The summed E-state index contributed by atoms with van der Waals surface area (Å²) >= 11 is 3.54. The lowest BCUT2D eigenvalue weighted by molar-refractivity contribution is 0.215. The summed E-state index contributed by atoms with van der Waals surface area (Å²) in [4.78, 5) is 15.7. The summed E-state index contributed by atoms with van der Waals surface area (Å²) in [6.07, 6.45) is 0. The number of hydrogen-bond acceptors (Lipinski definition) is 3. The molecule has 5 heteroatoms. The summed E-state index contributed by atoms with van der Waals surface area (Å²) in [6, 6.07) is 10.2. The van der Waals surface area contributed by atoms with Crippen molar-refractivity contribution >= 4 is 34.8 Å². The van der Waals surface area contributed by atoms with Gasteiger partial charge < -0.3 is 10.2 Å². The van der Waals surface area contributed by atoms with Crippen LogP contribution in [0.5, 0.6) is 0 Å². The van der Waals surface area contributed by atoms with E-state index in [1.165, 1.54) is 16.0 Å². The molecular weight excluding hydrogens is 300 g/mol. The molecule has 1 saturated heterocycles. The van der Waals surface area contributed by atoms with E-state index in [0.717, 1.165) is 18.0 Å². The summed E-state index contributed by atoms with van der Waals surface area (Å²) in [5.74, 6) is 0.989. The number of anilines is 1. The van der Waals surface area contributed by atoms with Gasteiger partial charge in [-0.1, -0.05) is 12.1 Å². The first kappa shape index (κ1) is 14.5. The van der Waals surface area contributed by atoms with Crippen LogP contribution in [-0.2, 0) is 0 Å². The van der Waals surface area contributed by atoms with Crippen molar-refractivity contribution in [1.29, 1.82) is 0 Å². The molecule has 1 aliphatic heterocycles. The van der Waals surface area contributed by atoms with Gasteiger partial charge in [-0.15, -0.1) is 23.1 Å². The molecule has 1 atom stereocenters. The van der Waals surface area contributed by atoms with Crippen LogP contribution in [0.2, 0.25) is 0 Å². The van der Waals surface area contributed by atoms with Crippen molar-refractivity contribution < 1.29 is 4.79 Å². The zero-order valence-electron chi connectivity index (χ0n) is 12.1. The first-order valence-electron chi connectivity index (χ1n) is 6.95. The number of amides is 2. The number of urea groups is 1. The number of nitrogens with zero attached hydrogens (tertiary/aromatic N) is 1. The highest BCUT2D eigenvalue weighted by Gasteiger charge is 2.31. The second-order valence-electron chi connectivity index (χ2n) is 5.16. The van der Waals surface area contributed by atoms with Crippen molar-refractivity contribution in [3.8, 4) is 0 Å². The van der Waals surface area contributed by atoms with Gasteiger partial charge in [0.1, 0.15) is 5.37 Å². The van der Waals surface area contributed by atoms with Gasteiger partial charge in [-0.25, -0.2) is 4.79 Å². The quantitative estimate of drug-likeness (QED) is 0.874. The maximum atomic E-state index is 12.5. The van der Waals surface area contributed by atoms with E-state index in [1.807, 2.05) is 40.9 Å². The highest BCUT2D eigenvalue weighted by Crippen LogP contribution is 2.40. The highest BCUT2D eigenvalue weighted by molar-refractivity contribution is 7.99. The lowest BCUT2D eigenvalue weighted by atomic mass is 10.1. The van der Waals surface area contributed by atoms with Crippen LogP contribution in [0.1, 0.15) is 21.4 Å². The molecule has 1 aromatic heterocycles. The van der Waals surface area contributed by atoms with Gasteiger partial charge in [0.2, 0.25) is 0 Å². The molecule has 1 aromatic carbocycles. The van der Waals surface area contributed by atoms with Crippen LogP contribution in [0.3, 0.4) is 0 Å². The molecule has 3 rings (SSSR count). The maximum Gasteiger partial charge on any atom is 0.323 e. The Kier molecular flexibility index (Phi) is 4.22. The van der Waals surface area contributed by atoms with Gasteiger partial charge in [0, 0.05) is 22.9 Å². The van der Waals surface area contributed by atoms with E-state index in [0.29, 0.717) is 0 Å². The molecule has 2 heterocycles. The van der Waals surface area contributed by atoms with Crippen LogP contribution in [0.4, 0.5) is 10.5 Å². The normalized spacial score (nSPS) is 18.0. The average Bonchev–Trinajstić information content (AvgIpc) is 3.12. The van der Waals surface area contributed by atoms with Gasteiger partial charge in [0.15, 0.2) is 0 Å². The Balaban J connectivity index is 1.73. The molecule has 0 saturated carbocycles. The smallest absolute Gasteiger partial charge is 0.308 e. The number of thioether (sulfide) groups is 1. The van der Waals surface area contributed by atoms with Crippen LogP contribution >= 0.6 is 23.1 Å². The zero-order chi connectivity index (χ0) is 14.8. The number of benzene rings is 1. The second kappa shape index (κ2) is 6.12. The number of hydrogen-bond donors (Lipinski definition) is 1. The monoisotopic (exact) mass is 318 g/mol. The molecule has 2 aromatic rings. The number of thiophene rings is 1. The van der Waals surface area contributed by atoms with Crippen LogP contribution in [-0.4, -0.2) is 23.2 Å². The molecule has 1 aliphatic rings. The van der Waals surface area contributed by atoms with Gasteiger partial charge in [-0.05, 0) is 48.6 Å². The van der Waals surface area contributed by atoms with Crippen LogP contribution < -0.4 is 5.32 Å². The molecule has 110 valence electrons. The standard InChI is InChI=1S/C16H18N2OS2/c1-11-5-6-13(10-12(11)2)17-16(19)18-7-9-21-15(18)14-4-3-8-20-14/h3-6,8,10,15H,7,9H2,1-2H3,(H,17,19)/t15-/m1/s1. The second-order valence-corrected chi connectivity index (χ2v) is 7.33. The predicted octanol–water partition coefficient (Wildman–Crippen LogP) is 4.64. The third-order valence-corrected chi connectivity index (χ3v) is 6.01. The van der Waals surface area contributed by atoms with E-state index >= 15 is 0 Å². The van der Waals surface area contributed by atoms with Gasteiger partial charge in [0.05, 0.1) is 0 Å². The van der Waals surface area contributed by atoms with Crippen molar-refractivity contribution in [3.63, 3.8) is 0 Å². The van der Waals surface area contributed by atoms with Crippen molar-refractivity contribution in [2.75, 3.05) is 17.6 Å². The van der Waals surface area contributed by atoms with Crippen molar-refractivity contribution in [2.45, 2.75) is 19.2 Å². The summed E-state index contributed by atoms with van der Waals surface area (Å²) in [5, 5.41) is 5.23. The molecule has 0 spiro atoms. The minimum atomic E-state index is -0.0124. The first-order valence-corrected chi connectivity index (χ1v) is 8.88. The molecule has 1 N–H and O–H groups in total. The largest absolute Gasteiger partial charge is 0.323 e. The summed E-state index contributed by atoms with van der Waals surface area (Å²) < 4.78 is 0. The van der Waals surface area contributed by atoms with Gasteiger partial charge in [-0.3, -0.25) is 0 Å². The number of carbonyl (C=O) groups is 1. The molecule has 1 fully saturated rings. The first-order chi connectivity index (χ1) is 10.1. The summed E-state index contributed by atoms with van der Waals surface area (Å²) in [6.45, 7) is 4.93. The van der Waals surface area contributed by atoms with Crippen molar-refractivity contribution in [1.82, 2.24) is 4.90 Å². The molecule has 3 nitrogen and oxygen atoms in total. The van der Waals surface area contributed by atoms with Crippen LogP contribution in [0.25, 0.3) is 0 Å². The Morgan fingerprint density at radius 1 is 1.29 bits per heavy atom. The number of aryl methyl sites for hydroxylation is 2. The van der Waals surface area contributed by atoms with Crippen molar-refractivity contribution in [3.05, 3.63) is 51.7 Å². The third-order valence-electron chi connectivity index (χ3n) is 3.70. The molecular formula is C16H18N2OS2. The number of carbonyl (C=O) groups excluding carboxylic acids is 1. The summed E-state index contributed by atoms with van der Waals surface area (Å²) in [7, 11) is 0. The lowest BCUT2D eigenvalue weighted by Crippen LogP contribution is -2.34. The fraction of sp³-hybridized carbons (Fsp3) is 0.312. The molecule has 0 unspecified atom stereocenters. The molecule has 0 bridgehead atoms. The van der Waals surface area contributed by atoms with Crippen molar-refractivity contribution in [2.24, 2.45) is 0 Å². The number of nitrogens with one attached hydrogen (secondary N) is 1. The zero-order valence-corrected chi connectivity index (χ0v) is 13.8. The fourth-order valence-corrected chi connectivity index (χ4v) is 4.60. The van der Waals surface area contributed by atoms with Gasteiger partial charge in [-0.2, -0.15) is 0 Å². The Morgan fingerprint density at radius 2 is 2.14 bits per heavy atom. The Bertz CT molecular complexity index is 640. The molecule has 2 amide bonds. The third kappa shape index (κ3) is 3.09. The molecule has 21 heavy (non-hydrogen) atoms. The minimum absolute atomic E-state index is 0.0124. The lowest BCUT2D eigenvalue weighted by Gasteiger charge is -2.23. The van der Waals surface area contributed by atoms with E-state index in [1.54, 1.807) is 11.3 Å². The Morgan fingerprint density at radius 3 is 2.86 bits per heavy atom. The predicted molar refractivity (Wildman–Crippen MR) is 91.2 cm³/mol. The van der Waals surface area contributed by atoms with Gasteiger partial charge >= 0.3 is 6.03 Å². The maximum absolute atomic E-state index is 12.5. The van der Waals surface area contributed by atoms with E-state index in [4.69, 9.17) is 0 Å². The minimum Gasteiger partial charge on any atom is -0.308 e. The summed E-state index contributed by atoms with van der Waals surface area (Å²) in [5.41, 5.74) is 3.30. The van der Waals surface area contributed by atoms with E-state index in [9.17, 15) is 4.79 Å². The van der Waals surface area contributed by atoms with E-state index in [-0.39, 0.29) is 11.4 Å². The van der Waals surface area contributed by atoms with E-state index < -0.39 is 0 Å². The Labute approximate surface area is 133 Å². The van der Waals surface area contributed by atoms with Gasteiger partial charge in [0.25, 0.3) is 0 Å².